The minimum Gasteiger partial charge on any atom is -0.342 e. The number of allylic oxidation sites excluding steroid dienone is 1. The molecule has 3 rings (SSSR count). The predicted octanol–water partition coefficient (Wildman–Crippen LogP) is 3.19. The van der Waals surface area contributed by atoms with E-state index in [1.165, 1.54) is 16.9 Å². The number of nitrogens with one attached hydrogen (secondary N) is 1. The number of hydrogen-bond donors (Lipinski definition) is 1. The van der Waals surface area contributed by atoms with E-state index in [1.54, 1.807) is 0 Å². The molecule has 3 aliphatic rings. The van der Waals surface area contributed by atoms with Crippen molar-refractivity contribution in [2.45, 2.75) is 39.5 Å². The molecule has 0 radical (unpaired) electrons. The molecule has 4 heteroatoms. The SMILES string of the molecule is CC1(C)CCCN(C(=O)C2C=C(C3=CCNCC3)SC2)CC1. The molecule has 0 aliphatic carbocycles. The van der Waals surface area contributed by atoms with E-state index >= 15 is 0 Å². The van der Waals surface area contributed by atoms with Crippen LogP contribution in [0.2, 0.25) is 0 Å². The summed E-state index contributed by atoms with van der Waals surface area (Å²) in [7, 11) is 0. The Hall–Kier alpha value is -0.740. The molecule has 0 bridgehead atoms. The summed E-state index contributed by atoms with van der Waals surface area (Å²) in [4.78, 5) is 16.3. The van der Waals surface area contributed by atoms with Crippen LogP contribution >= 0.6 is 11.8 Å². The monoisotopic (exact) mass is 320 g/mol. The van der Waals surface area contributed by atoms with Gasteiger partial charge in [-0.2, -0.15) is 0 Å². The van der Waals surface area contributed by atoms with E-state index in [0.29, 0.717) is 11.3 Å². The molecule has 1 saturated heterocycles. The first-order chi connectivity index (χ1) is 10.6. The third kappa shape index (κ3) is 3.77. The summed E-state index contributed by atoms with van der Waals surface area (Å²) < 4.78 is 0. The Labute approximate surface area is 138 Å². The minimum atomic E-state index is 0.0944. The van der Waals surface area contributed by atoms with Crippen LogP contribution in [0.1, 0.15) is 39.5 Å². The van der Waals surface area contributed by atoms with Crippen LogP contribution in [0.25, 0.3) is 0 Å². The van der Waals surface area contributed by atoms with Gasteiger partial charge >= 0.3 is 0 Å². The van der Waals surface area contributed by atoms with Crippen molar-refractivity contribution in [2.75, 3.05) is 31.9 Å². The fraction of sp³-hybridized carbons (Fsp3) is 0.722. The molecule has 22 heavy (non-hydrogen) atoms. The zero-order chi connectivity index (χ0) is 15.6. The van der Waals surface area contributed by atoms with E-state index in [4.69, 9.17) is 0 Å². The molecule has 1 atom stereocenters. The van der Waals surface area contributed by atoms with Gasteiger partial charge in [-0.1, -0.05) is 26.0 Å². The Kier molecular flexibility index (Phi) is 4.98. The lowest BCUT2D eigenvalue weighted by atomic mass is 9.85. The molecule has 1 fully saturated rings. The van der Waals surface area contributed by atoms with Crippen molar-refractivity contribution >= 4 is 17.7 Å². The van der Waals surface area contributed by atoms with Crippen molar-refractivity contribution in [3.8, 4) is 0 Å². The third-order valence-electron chi connectivity index (χ3n) is 5.12. The molecule has 1 N–H and O–H groups in total. The van der Waals surface area contributed by atoms with E-state index in [0.717, 1.165) is 51.2 Å². The van der Waals surface area contributed by atoms with Crippen LogP contribution in [-0.2, 0) is 4.79 Å². The van der Waals surface area contributed by atoms with Crippen molar-refractivity contribution in [3.05, 3.63) is 22.6 Å². The highest BCUT2D eigenvalue weighted by Gasteiger charge is 2.31. The van der Waals surface area contributed by atoms with E-state index in [-0.39, 0.29) is 5.92 Å². The second-order valence-electron chi connectivity index (χ2n) is 7.47. The maximum Gasteiger partial charge on any atom is 0.230 e. The van der Waals surface area contributed by atoms with Crippen molar-refractivity contribution in [1.29, 1.82) is 0 Å². The van der Waals surface area contributed by atoms with Crippen molar-refractivity contribution in [1.82, 2.24) is 10.2 Å². The summed E-state index contributed by atoms with van der Waals surface area (Å²) in [6.07, 6.45) is 9.12. The van der Waals surface area contributed by atoms with Gasteiger partial charge in [0.25, 0.3) is 0 Å². The zero-order valence-corrected chi connectivity index (χ0v) is 14.7. The van der Waals surface area contributed by atoms with Crippen molar-refractivity contribution < 1.29 is 4.79 Å². The Morgan fingerprint density at radius 3 is 3.00 bits per heavy atom. The number of rotatable bonds is 2. The number of carbonyl (C=O) groups is 1. The summed E-state index contributed by atoms with van der Waals surface area (Å²) in [5.74, 6) is 1.38. The van der Waals surface area contributed by atoms with Gasteiger partial charge in [0.15, 0.2) is 0 Å². The molecule has 1 unspecified atom stereocenters. The summed E-state index contributed by atoms with van der Waals surface area (Å²) in [6.45, 7) is 8.56. The van der Waals surface area contributed by atoms with E-state index in [9.17, 15) is 4.79 Å². The lowest BCUT2D eigenvalue weighted by Gasteiger charge is -2.25. The first-order valence-electron chi connectivity index (χ1n) is 8.59. The summed E-state index contributed by atoms with van der Waals surface area (Å²) >= 11 is 1.87. The topological polar surface area (TPSA) is 32.3 Å². The minimum absolute atomic E-state index is 0.0944. The highest BCUT2D eigenvalue weighted by molar-refractivity contribution is 8.03. The predicted molar refractivity (Wildman–Crippen MR) is 93.8 cm³/mol. The molecule has 1 amide bonds. The molecule has 122 valence electrons. The molecule has 0 aromatic carbocycles. The van der Waals surface area contributed by atoms with Gasteiger partial charge in [0.1, 0.15) is 0 Å². The maximum atomic E-state index is 12.8. The summed E-state index contributed by atoms with van der Waals surface area (Å²) in [5, 5.41) is 3.35. The van der Waals surface area contributed by atoms with E-state index < -0.39 is 0 Å². The van der Waals surface area contributed by atoms with Crippen molar-refractivity contribution in [2.24, 2.45) is 11.3 Å². The Morgan fingerprint density at radius 1 is 1.36 bits per heavy atom. The van der Waals surface area contributed by atoms with Crippen LogP contribution in [0, 0.1) is 11.3 Å². The first kappa shape index (κ1) is 16.1. The average molecular weight is 321 g/mol. The molecule has 0 spiro atoms. The highest BCUT2D eigenvalue weighted by Crippen LogP contribution is 2.37. The van der Waals surface area contributed by atoms with Gasteiger partial charge in [-0.25, -0.2) is 0 Å². The lowest BCUT2D eigenvalue weighted by molar-refractivity contribution is -0.133. The van der Waals surface area contributed by atoms with Gasteiger partial charge in [-0.15, -0.1) is 11.8 Å². The third-order valence-corrected chi connectivity index (χ3v) is 6.36. The highest BCUT2D eigenvalue weighted by atomic mass is 32.2. The maximum absolute atomic E-state index is 12.8. The lowest BCUT2D eigenvalue weighted by Crippen LogP contribution is -2.36. The second kappa shape index (κ2) is 6.79. The smallest absolute Gasteiger partial charge is 0.230 e. The molecule has 3 aliphatic heterocycles. The molecular weight excluding hydrogens is 292 g/mol. The fourth-order valence-electron chi connectivity index (χ4n) is 3.52. The Balaban J connectivity index is 1.63. The molecule has 0 saturated carbocycles. The Bertz CT molecular complexity index is 495. The summed E-state index contributed by atoms with van der Waals surface area (Å²) in [5.41, 5.74) is 1.83. The van der Waals surface area contributed by atoms with E-state index in [1.807, 2.05) is 11.8 Å². The normalized spacial score (nSPS) is 28.8. The largest absolute Gasteiger partial charge is 0.342 e. The number of thioether (sulfide) groups is 1. The van der Waals surface area contributed by atoms with Crippen LogP contribution in [-0.4, -0.2) is 42.7 Å². The van der Waals surface area contributed by atoms with Gasteiger partial charge in [-0.05, 0) is 43.2 Å². The van der Waals surface area contributed by atoms with Crippen LogP contribution in [0.15, 0.2) is 22.6 Å². The quantitative estimate of drug-likeness (QED) is 0.848. The van der Waals surface area contributed by atoms with Gasteiger partial charge < -0.3 is 10.2 Å². The van der Waals surface area contributed by atoms with E-state index in [2.05, 4.69) is 36.2 Å². The molecule has 3 nitrogen and oxygen atoms in total. The number of carbonyl (C=O) groups excluding carboxylic acids is 1. The Morgan fingerprint density at radius 2 is 2.23 bits per heavy atom. The molecular formula is C18H28N2OS. The number of amides is 1. The number of hydrogen-bond acceptors (Lipinski definition) is 3. The molecule has 0 aromatic heterocycles. The van der Waals surface area contributed by atoms with Gasteiger partial charge in [-0.3, -0.25) is 4.79 Å². The van der Waals surface area contributed by atoms with Crippen molar-refractivity contribution in [3.63, 3.8) is 0 Å². The summed E-state index contributed by atoms with van der Waals surface area (Å²) in [6, 6.07) is 0. The van der Waals surface area contributed by atoms with Gasteiger partial charge in [0.2, 0.25) is 5.91 Å². The molecule has 3 heterocycles. The van der Waals surface area contributed by atoms with Crippen LogP contribution in [0.4, 0.5) is 0 Å². The standard InChI is InChI=1S/C18H28N2OS/c1-18(2)6-3-10-20(11-7-18)17(21)15-12-16(22-13-15)14-4-8-19-9-5-14/h4,12,15,19H,3,5-11,13H2,1-2H3. The van der Waals surface area contributed by atoms with Crippen LogP contribution in [0.5, 0.6) is 0 Å². The number of nitrogens with zero attached hydrogens (tertiary/aromatic N) is 1. The first-order valence-corrected chi connectivity index (χ1v) is 9.57. The second-order valence-corrected chi connectivity index (χ2v) is 8.54. The van der Waals surface area contributed by atoms with Crippen LogP contribution < -0.4 is 5.32 Å². The van der Waals surface area contributed by atoms with Crippen LogP contribution in [0.3, 0.4) is 0 Å². The number of likely N-dealkylation sites (tertiary alicyclic amines) is 1. The van der Waals surface area contributed by atoms with Gasteiger partial charge in [0.05, 0.1) is 5.92 Å². The van der Waals surface area contributed by atoms with Gasteiger partial charge in [0, 0.05) is 30.3 Å². The average Bonchev–Trinajstić information content (AvgIpc) is 2.93. The fourth-order valence-corrected chi connectivity index (χ4v) is 4.75. The zero-order valence-electron chi connectivity index (χ0n) is 13.9. The molecule has 0 aromatic rings.